The van der Waals surface area contributed by atoms with Gasteiger partial charge in [-0.3, -0.25) is 0 Å². The lowest BCUT2D eigenvalue weighted by molar-refractivity contribution is 0.870. The molecule has 0 aliphatic heterocycles. The third-order valence-electron chi connectivity index (χ3n) is 2.24. The Balaban J connectivity index is 2.24. The normalized spacial score (nSPS) is 17.0. The minimum absolute atomic E-state index is 0.104. The Morgan fingerprint density at radius 3 is 2.45 bits per heavy atom. The summed E-state index contributed by atoms with van der Waals surface area (Å²) in [5.74, 6) is 0. The largest absolute Gasteiger partial charge is 0.0806 e. The van der Waals surface area contributed by atoms with Crippen LogP contribution in [0.2, 0.25) is 18.1 Å². The second kappa shape index (κ2) is 4.55. The molecule has 1 radical (unpaired) electrons. The van der Waals surface area contributed by atoms with Crippen molar-refractivity contribution < 1.29 is 0 Å². The smallest absolute Gasteiger partial charge is 0.0572 e. The number of rotatable bonds is 4. The fraction of sp³-hybridized carbons (Fsp3) is 0.600. The molecule has 0 bridgehead atoms. The van der Waals surface area contributed by atoms with Crippen molar-refractivity contribution in [3.05, 3.63) is 24.3 Å². The molecule has 1 aliphatic rings. The summed E-state index contributed by atoms with van der Waals surface area (Å²) in [5.41, 5.74) is 0.826. The molecule has 0 unspecified atom stereocenters. The van der Waals surface area contributed by atoms with E-state index in [4.69, 9.17) is 0 Å². The van der Waals surface area contributed by atoms with Gasteiger partial charge in [0.25, 0.3) is 0 Å². The molecule has 61 valence electrons. The van der Waals surface area contributed by atoms with Gasteiger partial charge in [0.15, 0.2) is 0 Å². The molecule has 0 fully saturated rings. The highest BCUT2D eigenvalue weighted by Gasteiger charge is 2.13. The summed E-state index contributed by atoms with van der Waals surface area (Å²) in [5, 5.41) is 0. The topological polar surface area (TPSA) is 0 Å². The van der Waals surface area contributed by atoms with Crippen LogP contribution in [0.5, 0.6) is 0 Å². The van der Waals surface area contributed by atoms with E-state index in [2.05, 4.69) is 37.8 Å². The van der Waals surface area contributed by atoms with Gasteiger partial charge in [-0.05, 0) is 5.54 Å². The maximum Gasteiger partial charge on any atom is 0.0572 e. The minimum Gasteiger partial charge on any atom is -0.0806 e. The van der Waals surface area contributed by atoms with Crippen LogP contribution in [0.15, 0.2) is 24.3 Å². The number of hydrogen-bond acceptors (Lipinski definition) is 0. The van der Waals surface area contributed by atoms with E-state index in [1.165, 1.54) is 18.9 Å². The first kappa shape index (κ1) is 8.79. The Hall–Kier alpha value is -0.303. The molecule has 0 amide bonds. The van der Waals surface area contributed by atoms with Crippen LogP contribution in [0.1, 0.15) is 19.8 Å². The first-order valence-corrected chi connectivity index (χ1v) is 6.80. The third-order valence-corrected chi connectivity index (χ3v) is 4.91. The van der Waals surface area contributed by atoms with Gasteiger partial charge < -0.3 is 0 Å². The monoisotopic (exact) mass is 165 g/mol. The average Bonchev–Trinajstić information content (AvgIpc) is 2.52. The maximum atomic E-state index is 2.45. The molecule has 0 atom stereocenters. The van der Waals surface area contributed by atoms with Crippen LogP contribution < -0.4 is 0 Å². The molecule has 0 aromatic carbocycles. The number of allylic oxidation sites excluding steroid dienone is 4. The molecule has 0 heterocycles. The summed E-state index contributed by atoms with van der Waals surface area (Å²) in [6.07, 6.45) is 11.8. The first-order valence-electron chi connectivity index (χ1n) is 4.52. The zero-order valence-corrected chi connectivity index (χ0v) is 8.51. The van der Waals surface area contributed by atoms with E-state index in [0.717, 1.165) is 5.54 Å². The van der Waals surface area contributed by atoms with E-state index in [-0.39, 0.29) is 8.80 Å². The highest BCUT2D eigenvalue weighted by Crippen LogP contribution is 2.22. The van der Waals surface area contributed by atoms with Gasteiger partial charge >= 0.3 is 0 Å². The highest BCUT2D eigenvalue weighted by atomic mass is 28.3. The molecule has 0 aromatic heterocycles. The molecule has 0 saturated heterocycles. The van der Waals surface area contributed by atoms with Gasteiger partial charge in [0.2, 0.25) is 0 Å². The Bertz CT molecular complexity index is 146. The van der Waals surface area contributed by atoms with Crippen molar-refractivity contribution in [2.45, 2.75) is 37.9 Å². The molecule has 0 aromatic rings. The number of unbranched alkanes of at least 4 members (excludes halogenated alkanes) is 1. The lowest BCUT2D eigenvalue weighted by Crippen LogP contribution is -2.11. The summed E-state index contributed by atoms with van der Waals surface area (Å²) in [6, 6.07) is 1.47. The first-order chi connectivity index (χ1) is 5.34. The van der Waals surface area contributed by atoms with Crippen LogP contribution in [-0.4, -0.2) is 8.80 Å². The van der Waals surface area contributed by atoms with Crippen LogP contribution in [0.4, 0.5) is 0 Å². The molecule has 0 saturated carbocycles. The van der Waals surface area contributed by atoms with Crippen molar-refractivity contribution in [3.63, 3.8) is 0 Å². The van der Waals surface area contributed by atoms with E-state index in [9.17, 15) is 0 Å². The fourth-order valence-electron chi connectivity index (χ4n) is 1.38. The summed E-state index contributed by atoms with van der Waals surface area (Å²) in [6.45, 7) is 4.72. The molecule has 0 nitrogen and oxygen atoms in total. The molecule has 1 rings (SSSR count). The van der Waals surface area contributed by atoms with E-state index < -0.39 is 0 Å². The van der Waals surface area contributed by atoms with Gasteiger partial charge in [0.05, 0.1) is 8.80 Å². The van der Waals surface area contributed by atoms with Crippen molar-refractivity contribution >= 4 is 8.80 Å². The summed E-state index contributed by atoms with van der Waals surface area (Å²) >= 11 is 0. The van der Waals surface area contributed by atoms with Crippen molar-refractivity contribution in [2.24, 2.45) is 0 Å². The zero-order chi connectivity index (χ0) is 8.10. The number of hydrogen-bond donors (Lipinski definition) is 0. The second-order valence-electron chi connectivity index (χ2n) is 3.25. The Morgan fingerprint density at radius 1 is 1.27 bits per heavy atom. The van der Waals surface area contributed by atoms with Gasteiger partial charge in [-0.1, -0.05) is 56.7 Å². The molecule has 1 heteroatoms. The average molecular weight is 165 g/mol. The van der Waals surface area contributed by atoms with E-state index in [0.29, 0.717) is 0 Å². The second-order valence-corrected chi connectivity index (χ2v) is 6.10. The zero-order valence-electron chi connectivity index (χ0n) is 7.51. The van der Waals surface area contributed by atoms with E-state index in [1.807, 2.05) is 0 Å². The molecule has 11 heavy (non-hydrogen) atoms. The summed E-state index contributed by atoms with van der Waals surface area (Å²) in [4.78, 5) is 0. The predicted molar refractivity (Wildman–Crippen MR) is 53.4 cm³/mol. The van der Waals surface area contributed by atoms with Gasteiger partial charge in [-0.2, -0.15) is 0 Å². The molecule has 1 aliphatic carbocycles. The van der Waals surface area contributed by atoms with Crippen LogP contribution in [-0.2, 0) is 0 Å². The third kappa shape index (κ3) is 2.66. The fourth-order valence-corrected chi connectivity index (χ4v) is 3.51. The molecular weight excluding hydrogens is 148 g/mol. The van der Waals surface area contributed by atoms with Crippen LogP contribution in [0.3, 0.4) is 0 Å². The van der Waals surface area contributed by atoms with E-state index >= 15 is 0 Å². The maximum absolute atomic E-state index is 2.45. The lowest BCUT2D eigenvalue weighted by Gasteiger charge is -2.12. The van der Waals surface area contributed by atoms with Gasteiger partial charge in [0, 0.05) is 0 Å². The summed E-state index contributed by atoms with van der Waals surface area (Å²) < 4.78 is 0. The lowest BCUT2D eigenvalue weighted by atomic mass is 10.4. The minimum atomic E-state index is -0.104. The van der Waals surface area contributed by atoms with Crippen molar-refractivity contribution in [1.82, 2.24) is 0 Å². The Labute approximate surface area is 71.6 Å². The SMILES string of the molecule is CCCC[Si](C)C1C=CC=C1. The van der Waals surface area contributed by atoms with Crippen molar-refractivity contribution in [1.29, 1.82) is 0 Å². The van der Waals surface area contributed by atoms with Crippen LogP contribution in [0, 0.1) is 0 Å². The van der Waals surface area contributed by atoms with Crippen molar-refractivity contribution in [2.75, 3.05) is 0 Å². The summed E-state index contributed by atoms with van der Waals surface area (Å²) in [7, 11) is -0.104. The quantitative estimate of drug-likeness (QED) is 0.560. The Morgan fingerprint density at radius 2 is 1.91 bits per heavy atom. The molecule has 0 N–H and O–H groups in total. The standard InChI is InChI=1S/C10H17Si/c1-3-4-9-11(2)10-7-5-6-8-10/h5-8,10H,3-4,9H2,1-2H3. The molecule has 0 spiro atoms. The molecular formula is C10H17Si. The van der Waals surface area contributed by atoms with Crippen LogP contribution >= 0.6 is 0 Å². The van der Waals surface area contributed by atoms with Gasteiger partial charge in [-0.25, -0.2) is 0 Å². The Kier molecular flexibility index (Phi) is 3.64. The predicted octanol–water partition coefficient (Wildman–Crippen LogP) is 3.41. The highest BCUT2D eigenvalue weighted by molar-refractivity contribution is 6.60. The van der Waals surface area contributed by atoms with Gasteiger partial charge in [-0.15, -0.1) is 0 Å². The van der Waals surface area contributed by atoms with Crippen molar-refractivity contribution in [3.8, 4) is 0 Å². The van der Waals surface area contributed by atoms with Gasteiger partial charge in [0.1, 0.15) is 0 Å². The van der Waals surface area contributed by atoms with Crippen LogP contribution in [0.25, 0.3) is 0 Å². The van der Waals surface area contributed by atoms with E-state index in [1.54, 1.807) is 0 Å².